The molecule has 1 fully saturated rings. The molecule has 5 nitrogen and oxygen atoms in total. The van der Waals surface area contributed by atoms with Crippen LogP contribution in [0.25, 0.3) is 0 Å². The Morgan fingerprint density at radius 2 is 0.972 bits per heavy atom. The second-order valence-electron chi connectivity index (χ2n) is 10.2. The molecule has 6 heteroatoms. The van der Waals surface area contributed by atoms with Gasteiger partial charge in [-0.3, -0.25) is 0 Å². The van der Waals surface area contributed by atoms with E-state index in [2.05, 4.69) is 56.0 Å². The summed E-state index contributed by atoms with van der Waals surface area (Å²) in [6, 6.07) is 30.5. The SMILES string of the molecule is C[C@@H]1OC(O[Si](C)(C)C)[C@@H](OCc2ccccc2)[C@H](OCc2ccccc2)[C@@H]1OCc1ccccc1. The minimum absolute atomic E-state index is 0.229. The lowest BCUT2D eigenvalue weighted by Crippen LogP contribution is -2.61. The topological polar surface area (TPSA) is 46.2 Å². The summed E-state index contributed by atoms with van der Waals surface area (Å²) >= 11 is 0. The van der Waals surface area contributed by atoms with Gasteiger partial charge in [-0.05, 0) is 43.3 Å². The lowest BCUT2D eigenvalue weighted by Gasteiger charge is -2.46. The molecule has 0 spiro atoms. The van der Waals surface area contributed by atoms with Gasteiger partial charge in [0.1, 0.15) is 18.3 Å². The first-order chi connectivity index (χ1) is 17.4. The lowest BCUT2D eigenvalue weighted by molar-refractivity contribution is -0.302. The van der Waals surface area contributed by atoms with Gasteiger partial charge in [-0.1, -0.05) is 91.0 Å². The Hall–Kier alpha value is -2.32. The van der Waals surface area contributed by atoms with Crippen molar-refractivity contribution in [3.05, 3.63) is 108 Å². The minimum atomic E-state index is -1.94. The predicted molar refractivity (Wildman–Crippen MR) is 144 cm³/mol. The van der Waals surface area contributed by atoms with E-state index in [9.17, 15) is 0 Å². The van der Waals surface area contributed by atoms with Crippen molar-refractivity contribution < 1.29 is 23.4 Å². The van der Waals surface area contributed by atoms with Gasteiger partial charge in [0.25, 0.3) is 0 Å². The second kappa shape index (κ2) is 12.8. The molecular weight excluding hydrogens is 468 g/mol. The van der Waals surface area contributed by atoms with E-state index in [-0.39, 0.29) is 18.3 Å². The molecule has 0 bridgehead atoms. The summed E-state index contributed by atoms with van der Waals surface area (Å²) in [5.41, 5.74) is 3.29. The first-order valence-electron chi connectivity index (χ1n) is 12.7. The van der Waals surface area contributed by atoms with Crippen LogP contribution < -0.4 is 0 Å². The fourth-order valence-electron chi connectivity index (χ4n) is 4.31. The fraction of sp³-hybridized carbons (Fsp3) is 0.400. The first-order valence-corrected chi connectivity index (χ1v) is 16.1. The normalized spacial score (nSPS) is 24.5. The van der Waals surface area contributed by atoms with E-state index in [1.165, 1.54) is 0 Å². The van der Waals surface area contributed by atoms with Crippen molar-refractivity contribution in [2.45, 2.75) is 77.1 Å². The van der Waals surface area contributed by atoms with Crippen LogP contribution >= 0.6 is 0 Å². The largest absolute Gasteiger partial charge is 0.391 e. The van der Waals surface area contributed by atoms with Crippen molar-refractivity contribution in [2.24, 2.45) is 0 Å². The van der Waals surface area contributed by atoms with Gasteiger partial charge in [0.15, 0.2) is 14.6 Å². The van der Waals surface area contributed by atoms with Crippen LogP contribution in [0.5, 0.6) is 0 Å². The highest BCUT2D eigenvalue weighted by molar-refractivity contribution is 6.69. The summed E-state index contributed by atoms with van der Waals surface area (Å²) < 4.78 is 32.5. The highest BCUT2D eigenvalue weighted by Gasteiger charge is 2.48. The number of hydrogen-bond acceptors (Lipinski definition) is 5. The van der Waals surface area contributed by atoms with E-state index in [0.29, 0.717) is 19.8 Å². The lowest BCUT2D eigenvalue weighted by atomic mass is 9.98. The summed E-state index contributed by atoms with van der Waals surface area (Å²) in [7, 11) is -1.94. The van der Waals surface area contributed by atoms with E-state index in [4.69, 9.17) is 23.4 Å². The molecule has 36 heavy (non-hydrogen) atoms. The van der Waals surface area contributed by atoms with E-state index >= 15 is 0 Å². The quantitative estimate of drug-likeness (QED) is 0.284. The summed E-state index contributed by atoms with van der Waals surface area (Å²) in [5, 5.41) is 0. The van der Waals surface area contributed by atoms with Crippen LogP contribution in [0.15, 0.2) is 91.0 Å². The van der Waals surface area contributed by atoms with Crippen LogP contribution in [0, 0.1) is 0 Å². The number of benzene rings is 3. The van der Waals surface area contributed by atoms with Gasteiger partial charge in [-0.2, -0.15) is 0 Å². The molecular formula is C30H38O5Si. The first kappa shape index (κ1) is 26.7. The van der Waals surface area contributed by atoms with Gasteiger partial charge in [-0.15, -0.1) is 0 Å². The number of rotatable bonds is 11. The maximum Gasteiger partial charge on any atom is 0.187 e. The van der Waals surface area contributed by atoms with Gasteiger partial charge in [-0.25, -0.2) is 0 Å². The van der Waals surface area contributed by atoms with Crippen molar-refractivity contribution in [3.8, 4) is 0 Å². The molecule has 1 saturated heterocycles. The molecule has 4 rings (SSSR count). The average Bonchev–Trinajstić information content (AvgIpc) is 2.87. The zero-order chi connectivity index (χ0) is 25.4. The third-order valence-corrected chi connectivity index (χ3v) is 6.99. The molecule has 192 valence electrons. The summed E-state index contributed by atoms with van der Waals surface area (Å²) in [6.07, 6.45) is -1.91. The summed E-state index contributed by atoms with van der Waals surface area (Å²) in [4.78, 5) is 0. The molecule has 3 aromatic carbocycles. The molecule has 0 saturated carbocycles. The van der Waals surface area contributed by atoms with Crippen LogP contribution in [0.4, 0.5) is 0 Å². The van der Waals surface area contributed by atoms with Crippen LogP contribution in [-0.4, -0.2) is 39.0 Å². The maximum atomic E-state index is 6.59. The van der Waals surface area contributed by atoms with Crippen LogP contribution in [0.2, 0.25) is 19.6 Å². The Morgan fingerprint density at radius 1 is 0.583 bits per heavy atom. The van der Waals surface area contributed by atoms with Gasteiger partial charge in [0, 0.05) is 0 Å². The minimum Gasteiger partial charge on any atom is -0.391 e. The smallest absolute Gasteiger partial charge is 0.187 e. The van der Waals surface area contributed by atoms with E-state index in [1.54, 1.807) is 0 Å². The highest BCUT2D eigenvalue weighted by Crippen LogP contribution is 2.32. The molecule has 1 aliphatic rings. The molecule has 0 aliphatic carbocycles. The van der Waals surface area contributed by atoms with Gasteiger partial charge in [0.2, 0.25) is 0 Å². The predicted octanol–water partition coefficient (Wildman–Crippen LogP) is 6.34. The van der Waals surface area contributed by atoms with Crippen molar-refractivity contribution >= 4 is 8.32 Å². The Bertz CT molecular complexity index is 1030. The third-order valence-electron chi connectivity index (χ3n) is 6.05. The second-order valence-corrected chi connectivity index (χ2v) is 14.7. The molecule has 0 radical (unpaired) electrons. The summed E-state index contributed by atoms with van der Waals surface area (Å²) in [5.74, 6) is 0. The Morgan fingerprint density at radius 3 is 1.39 bits per heavy atom. The molecule has 1 heterocycles. The maximum absolute atomic E-state index is 6.59. The molecule has 1 aliphatic heterocycles. The standard InChI is InChI=1S/C30H38O5Si/c1-23-27(31-20-24-14-8-5-9-15-24)28(32-21-25-16-10-6-11-17-25)29(30(34-23)35-36(2,3)4)33-22-26-18-12-7-13-19-26/h5-19,23,27-30H,20-22H2,1-4H3/t23-,27+,28+,29-,30?/m0/s1. The fourth-order valence-corrected chi connectivity index (χ4v) is 5.20. The third kappa shape index (κ3) is 7.84. The monoisotopic (exact) mass is 506 g/mol. The van der Waals surface area contributed by atoms with Crippen molar-refractivity contribution in [3.63, 3.8) is 0 Å². The van der Waals surface area contributed by atoms with Crippen LogP contribution in [-0.2, 0) is 43.2 Å². The van der Waals surface area contributed by atoms with Gasteiger partial charge >= 0.3 is 0 Å². The molecule has 0 N–H and O–H groups in total. The Balaban J connectivity index is 1.59. The zero-order valence-electron chi connectivity index (χ0n) is 21.7. The average molecular weight is 507 g/mol. The van der Waals surface area contributed by atoms with Crippen molar-refractivity contribution in [1.29, 1.82) is 0 Å². The van der Waals surface area contributed by atoms with Gasteiger partial charge in [0.05, 0.1) is 25.9 Å². The molecule has 1 unspecified atom stereocenters. The number of ether oxygens (including phenoxy) is 4. The Kier molecular flexibility index (Phi) is 9.48. The molecule has 0 amide bonds. The van der Waals surface area contributed by atoms with E-state index < -0.39 is 20.7 Å². The van der Waals surface area contributed by atoms with E-state index in [1.807, 2.05) is 61.5 Å². The van der Waals surface area contributed by atoms with Crippen molar-refractivity contribution in [1.82, 2.24) is 0 Å². The Labute approximate surface area is 216 Å². The van der Waals surface area contributed by atoms with Gasteiger partial charge < -0.3 is 23.4 Å². The van der Waals surface area contributed by atoms with E-state index in [0.717, 1.165) is 16.7 Å². The number of hydrogen-bond donors (Lipinski definition) is 0. The zero-order valence-corrected chi connectivity index (χ0v) is 22.7. The molecule has 5 atom stereocenters. The molecule has 3 aromatic rings. The van der Waals surface area contributed by atoms with Crippen LogP contribution in [0.3, 0.4) is 0 Å². The highest BCUT2D eigenvalue weighted by atomic mass is 28.4. The van der Waals surface area contributed by atoms with Crippen molar-refractivity contribution in [2.75, 3.05) is 0 Å². The van der Waals surface area contributed by atoms with Crippen LogP contribution in [0.1, 0.15) is 23.6 Å². The molecule has 0 aromatic heterocycles. The summed E-state index contributed by atoms with van der Waals surface area (Å²) in [6.45, 7) is 9.87.